The van der Waals surface area contributed by atoms with Crippen molar-refractivity contribution in [2.45, 2.75) is 71.1 Å². The second-order valence-electron chi connectivity index (χ2n) is 8.89. The highest BCUT2D eigenvalue weighted by Crippen LogP contribution is 2.32. The number of benzene rings is 1. The van der Waals surface area contributed by atoms with Gasteiger partial charge in [0.05, 0.1) is 6.54 Å². The monoisotopic (exact) mass is 369 g/mol. The fourth-order valence-corrected chi connectivity index (χ4v) is 4.31. The number of nitrogens with one attached hydrogen (secondary N) is 2. The van der Waals surface area contributed by atoms with E-state index >= 15 is 0 Å². The molecule has 1 aliphatic heterocycles. The molecule has 5 heteroatoms. The smallest absolute Gasteiger partial charge is 0.322 e. The maximum absolute atomic E-state index is 13.2. The van der Waals surface area contributed by atoms with Gasteiger partial charge in [-0.15, -0.1) is 0 Å². The Balaban J connectivity index is 1.85. The molecule has 1 aromatic carbocycles. The van der Waals surface area contributed by atoms with Crippen LogP contribution < -0.4 is 10.6 Å². The molecule has 27 heavy (non-hydrogen) atoms. The third-order valence-corrected chi connectivity index (χ3v) is 5.02. The number of piperidine rings is 1. The van der Waals surface area contributed by atoms with E-state index in [0.29, 0.717) is 6.54 Å². The van der Waals surface area contributed by atoms with Gasteiger partial charge in [0.2, 0.25) is 0 Å². The second kappa shape index (κ2) is 7.39. The van der Waals surface area contributed by atoms with Gasteiger partial charge in [-0.2, -0.15) is 0 Å². The number of furan rings is 1. The van der Waals surface area contributed by atoms with Gasteiger partial charge in [0.25, 0.3) is 0 Å². The zero-order valence-corrected chi connectivity index (χ0v) is 17.0. The average Bonchev–Trinajstić information content (AvgIpc) is 2.95. The SMILES string of the molecule is Cc1ccc(CN(C(=O)Nc2ccccc2)C2CC(C)(C)NC(C)(C)C2)o1. The number of carbonyl (C=O) groups is 1. The Labute approximate surface area is 162 Å². The molecule has 0 unspecified atom stereocenters. The summed E-state index contributed by atoms with van der Waals surface area (Å²) in [7, 11) is 0. The number of para-hydroxylation sites is 1. The highest BCUT2D eigenvalue weighted by molar-refractivity contribution is 5.89. The van der Waals surface area contributed by atoms with E-state index in [0.717, 1.165) is 30.0 Å². The summed E-state index contributed by atoms with van der Waals surface area (Å²) >= 11 is 0. The molecule has 3 rings (SSSR count). The van der Waals surface area contributed by atoms with Crippen LogP contribution in [0.4, 0.5) is 10.5 Å². The molecule has 0 aliphatic carbocycles. The van der Waals surface area contributed by atoms with Crippen molar-refractivity contribution in [3.05, 3.63) is 54.0 Å². The van der Waals surface area contributed by atoms with Crippen molar-refractivity contribution in [2.24, 2.45) is 0 Å². The number of rotatable bonds is 4. The molecule has 1 aromatic heterocycles. The molecule has 0 saturated carbocycles. The quantitative estimate of drug-likeness (QED) is 0.803. The van der Waals surface area contributed by atoms with Crippen molar-refractivity contribution in [1.29, 1.82) is 0 Å². The lowest BCUT2D eigenvalue weighted by molar-refractivity contribution is 0.0801. The normalized spacial score (nSPS) is 18.9. The second-order valence-corrected chi connectivity index (χ2v) is 8.89. The summed E-state index contributed by atoms with van der Waals surface area (Å²) < 4.78 is 5.77. The Morgan fingerprint density at radius 1 is 1.11 bits per heavy atom. The van der Waals surface area contributed by atoms with Crippen LogP contribution in [0.15, 0.2) is 46.9 Å². The van der Waals surface area contributed by atoms with Gasteiger partial charge in [0.15, 0.2) is 0 Å². The molecule has 1 saturated heterocycles. The minimum atomic E-state index is -0.0891. The number of anilines is 1. The van der Waals surface area contributed by atoms with Gasteiger partial charge in [0.1, 0.15) is 11.5 Å². The van der Waals surface area contributed by atoms with E-state index in [4.69, 9.17) is 4.42 Å². The van der Waals surface area contributed by atoms with Crippen LogP contribution in [0.1, 0.15) is 52.1 Å². The first kappa shape index (κ1) is 19.5. The van der Waals surface area contributed by atoms with E-state index in [1.165, 1.54) is 0 Å². The highest BCUT2D eigenvalue weighted by Gasteiger charge is 2.41. The van der Waals surface area contributed by atoms with E-state index in [1.54, 1.807) is 0 Å². The molecule has 2 aromatic rings. The van der Waals surface area contributed by atoms with E-state index in [-0.39, 0.29) is 23.2 Å². The molecule has 0 spiro atoms. The van der Waals surface area contributed by atoms with E-state index < -0.39 is 0 Å². The van der Waals surface area contributed by atoms with Gasteiger partial charge in [-0.05, 0) is 71.7 Å². The van der Waals surface area contributed by atoms with E-state index in [9.17, 15) is 4.79 Å². The van der Waals surface area contributed by atoms with Crippen LogP contribution >= 0.6 is 0 Å². The molecular weight excluding hydrogens is 338 g/mol. The van der Waals surface area contributed by atoms with Crippen molar-refractivity contribution in [3.63, 3.8) is 0 Å². The number of nitrogens with zero attached hydrogens (tertiary/aromatic N) is 1. The van der Waals surface area contributed by atoms with Gasteiger partial charge in [0, 0.05) is 22.8 Å². The van der Waals surface area contributed by atoms with Gasteiger partial charge in [-0.25, -0.2) is 4.79 Å². The fourth-order valence-electron chi connectivity index (χ4n) is 4.31. The maximum Gasteiger partial charge on any atom is 0.322 e. The topological polar surface area (TPSA) is 57.5 Å². The van der Waals surface area contributed by atoms with Crippen LogP contribution in [0.3, 0.4) is 0 Å². The number of carbonyl (C=O) groups excluding carboxylic acids is 1. The third kappa shape index (κ3) is 5.13. The van der Waals surface area contributed by atoms with Crippen molar-refractivity contribution < 1.29 is 9.21 Å². The van der Waals surface area contributed by atoms with Crippen LogP contribution in [-0.4, -0.2) is 28.1 Å². The number of urea groups is 1. The molecule has 1 aliphatic rings. The number of hydrogen-bond acceptors (Lipinski definition) is 3. The molecule has 2 N–H and O–H groups in total. The average molecular weight is 370 g/mol. The Morgan fingerprint density at radius 2 is 1.74 bits per heavy atom. The lowest BCUT2D eigenvalue weighted by Crippen LogP contribution is -2.63. The minimum Gasteiger partial charge on any atom is -0.464 e. The largest absolute Gasteiger partial charge is 0.464 e. The Hall–Kier alpha value is -2.27. The zero-order valence-electron chi connectivity index (χ0n) is 17.0. The fraction of sp³-hybridized carbons (Fsp3) is 0.500. The Bertz CT molecular complexity index is 764. The van der Waals surface area contributed by atoms with Crippen LogP contribution in [0.2, 0.25) is 0 Å². The molecule has 5 nitrogen and oxygen atoms in total. The summed E-state index contributed by atoms with van der Waals surface area (Å²) in [5, 5.41) is 6.74. The molecule has 0 atom stereocenters. The molecular formula is C22H31N3O2. The van der Waals surface area contributed by atoms with Gasteiger partial charge in [-0.1, -0.05) is 18.2 Å². The first-order chi connectivity index (χ1) is 12.6. The molecule has 0 bridgehead atoms. The van der Waals surface area contributed by atoms with Crippen LogP contribution in [0.5, 0.6) is 0 Å². The highest BCUT2D eigenvalue weighted by atomic mass is 16.3. The van der Waals surface area contributed by atoms with Crippen LogP contribution in [-0.2, 0) is 6.54 Å². The molecule has 0 radical (unpaired) electrons. The molecule has 2 heterocycles. The summed E-state index contributed by atoms with van der Waals surface area (Å²) in [6, 6.07) is 13.5. The summed E-state index contributed by atoms with van der Waals surface area (Å²) in [6.07, 6.45) is 1.77. The number of amides is 2. The van der Waals surface area contributed by atoms with Gasteiger partial charge in [-0.3, -0.25) is 0 Å². The number of aryl methyl sites for hydroxylation is 1. The summed E-state index contributed by atoms with van der Waals surface area (Å²) in [5.74, 6) is 1.67. The van der Waals surface area contributed by atoms with Gasteiger partial charge >= 0.3 is 6.03 Å². The molecule has 146 valence electrons. The summed E-state index contributed by atoms with van der Waals surface area (Å²) in [4.78, 5) is 15.1. The predicted octanol–water partition coefficient (Wildman–Crippen LogP) is 4.93. The molecule has 1 fully saturated rings. The molecule has 2 amide bonds. The maximum atomic E-state index is 13.2. The third-order valence-electron chi connectivity index (χ3n) is 5.02. The predicted molar refractivity (Wildman–Crippen MR) is 109 cm³/mol. The summed E-state index contributed by atoms with van der Waals surface area (Å²) in [6.45, 7) is 11.2. The Kier molecular flexibility index (Phi) is 5.33. The minimum absolute atomic E-state index is 0.0449. The first-order valence-corrected chi connectivity index (χ1v) is 9.61. The lowest BCUT2D eigenvalue weighted by atomic mass is 9.79. The zero-order chi connectivity index (χ0) is 19.7. The van der Waals surface area contributed by atoms with Crippen LogP contribution in [0, 0.1) is 6.92 Å². The van der Waals surface area contributed by atoms with Crippen molar-refractivity contribution >= 4 is 11.7 Å². The number of hydrogen-bond donors (Lipinski definition) is 2. The van der Waals surface area contributed by atoms with Crippen molar-refractivity contribution in [3.8, 4) is 0 Å². The Morgan fingerprint density at radius 3 is 2.30 bits per heavy atom. The standard InChI is InChI=1S/C22H31N3O2/c1-16-11-12-19(27-16)15-25(20(26)23-17-9-7-6-8-10-17)18-13-21(2,3)24-22(4,5)14-18/h6-12,18,24H,13-15H2,1-5H3,(H,23,26). The summed E-state index contributed by atoms with van der Waals surface area (Å²) in [5.41, 5.74) is 0.712. The van der Waals surface area contributed by atoms with Crippen molar-refractivity contribution in [1.82, 2.24) is 10.2 Å². The van der Waals surface area contributed by atoms with Crippen molar-refractivity contribution in [2.75, 3.05) is 5.32 Å². The van der Waals surface area contributed by atoms with Crippen LogP contribution in [0.25, 0.3) is 0 Å². The van der Waals surface area contributed by atoms with E-state index in [2.05, 4.69) is 38.3 Å². The van der Waals surface area contributed by atoms with E-state index in [1.807, 2.05) is 54.3 Å². The first-order valence-electron chi connectivity index (χ1n) is 9.61. The lowest BCUT2D eigenvalue weighted by Gasteiger charge is -2.49. The van der Waals surface area contributed by atoms with Gasteiger partial charge < -0.3 is 20.0 Å².